The van der Waals surface area contributed by atoms with Gasteiger partial charge >= 0.3 is 0 Å². The number of hydrogen-bond donors (Lipinski definition) is 1. The van der Waals surface area contributed by atoms with Gasteiger partial charge in [0, 0.05) is 3.42 Å². The molecule has 0 aliphatic heterocycles. The predicted molar refractivity (Wildman–Crippen MR) is 52.9 cm³/mol. The zero-order valence-corrected chi connectivity index (χ0v) is 8.84. The van der Waals surface area contributed by atoms with Crippen molar-refractivity contribution in [3.63, 3.8) is 0 Å². The van der Waals surface area contributed by atoms with Gasteiger partial charge in [0.2, 0.25) is 0 Å². The topological polar surface area (TPSA) is 29.5 Å². The van der Waals surface area contributed by atoms with Gasteiger partial charge in [-0.15, -0.1) is 0 Å². The molecule has 1 fully saturated rings. The number of ether oxygens (including phenoxy) is 1. The van der Waals surface area contributed by atoms with Crippen LogP contribution in [0.3, 0.4) is 0 Å². The Hall–Kier alpha value is 0.650. The van der Waals surface area contributed by atoms with E-state index in [-0.39, 0.29) is 6.79 Å². The molecule has 1 aliphatic rings. The van der Waals surface area contributed by atoms with Crippen molar-refractivity contribution in [2.75, 3.05) is 13.4 Å². The Morgan fingerprint density at radius 3 is 2.45 bits per heavy atom. The second-order valence-electron chi connectivity index (χ2n) is 3.19. The first kappa shape index (κ1) is 9.74. The number of aliphatic hydroxyl groups excluding tert-OH is 1. The average Bonchev–Trinajstić information content (AvgIpc) is 2.03. The Balaban J connectivity index is 2.25. The third-order valence-electron chi connectivity index (χ3n) is 2.20. The molecule has 0 radical (unpaired) electrons. The minimum Gasteiger partial charge on any atom is -0.371 e. The molecule has 3 heteroatoms. The molecule has 0 aromatic carbocycles. The van der Waals surface area contributed by atoms with Crippen molar-refractivity contribution in [1.82, 2.24) is 0 Å². The fourth-order valence-electron chi connectivity index (χ4n) is 1.56. The standard InChI is InChI=1S/C8H15IO2/c9-8(6-11-7-10)4-2-1-3-5-8/h10H,1-7H2. The van der Waals surface area contributed by atoms with Crippen LogP contribution in [0.4, 0.5) is 0 Å². The lowest BCUT2D eigenvalue weighted by Crippen LogP contribution is -2.30. The highest BCUT2D eigenvalue weighted by Crippen LogP contribution is 2.36. The molecule has 0 bridgehead atoms. The van der Waals surface area contributed by atoms with E-state index in [4.69, 9.17) is 9.84 Å². The molecule has 11 heavy (non-hydrogen) atoms. The lowest BCUT2D eigenvalue weighted by molar-refractivity contribution is -0.0132. The van der Waals surface area contributed by atoms with Gasteiger partial charge in [0.15, 0.2) is 0 Å². The van der Waals surface area contributed by atoms with Crippen LogP contribution in [0, 0.1) is 0 Å². The molecule has 0 saturated heterocycles. The van der Waals surface area contributed by atoms with Crippen molar-refractivity contribution in [2.24, 2.45) is 0 Å². The molecule has 1 saturated carbocycles. The van der Waals surface area contributed by atoms with Crippen molar-refractivity contribution >= 4 is 22.6 Å². The Bertz CT molecular complexity index is 111. The predicted octanol–water partition coefficient (Wildman–Crippen LogP) is 2.09. The maximum Gasteiger partial charge on any atom is 0.143 e. The molecule has 0 amide bonds. The van der Waals surface area contributed by atoms with Crippen LogP contribution in [0.1, 0.15) is 32.1 Å². The second kappa shape index (κ2) is 4.62. The van der Waals surface area contributed by atoms with E-state index in [1.807, 2.05) is 0 Å². The third-order valence-corrected chi connectivity index (χ3v) is 3.59. The number of aliphatic hydroxyl groups is 1. The van der Waals surface area contributed by atoms with E-state index < -0.39 is 0 Å². The van der Waals surface area contributed by atoms with E-state index in [9.17, 15) is 0 Å². The summed E-state index contributed by atoms with van der Waals surface area (Å²) >= 11 is 2.48. The molecule has 0 spiro atoms. The van der Waals surface area contributed by atoms with E-state index in [1.54, 1.807) is 0 Å². The Morgan fingerprint density at radius 2 is 1.91 bits per heavy atom. The zero-order valence-electron chi connectivity index (χ0n) is 6.68. The summed E-state index contributed by atoms with van der Waals surface area (Å²) in [6.07, 6.45) is 6.49. The molecular formula is C8H15IO2. The quantitative estimate of drug-likeness (QED) is 0.483. The summed E-state index contributed by atoms with van der Waals surface area (Å²) in [7, 11) is 0. The van der Waals surface area contributed by atoms with Gasteiger partial charge in [0.25, 0.3) is 0 Å². The fraction of sp³-hybridized carbons (Fsp3) is 1.00. The van der Waals surface area contributed by atoms with Crippen LogP contribution in [-0.4, -0.2) is 21.9 Å². The van der Waals surface area contributed by atoms with Crippen molar-refractivity contribution in [3.05, 3.63) is 0 Å². The summed E-state index contributed by atoms with van der Waals surface area (Å²) in [6, 6.07) is 0. The number of hydrogen-bond acceptors (Lipinski definition) is 2. The van der Waals surface area contributed by atoms with Gasteiger partial charge in [0.05, 0.1) is 6.61 Å². The first-order chi connectivity index (χ1) is 5.27. The van der Waals surface area contributed by atoms with Crippen LogP contribution >= 0.6 is 22.6 Å². The first-order valence-electron chi connectivity index (χ1n) is 4.14. The van der Waals surface area contributed by atoms with E-state index in [0.717, 1.165) is 0 Å². The number of alkyl halides is 1. The SMILES string of the molecule is OCOCC1(I)CCCCC1. The van der Waals surface area contributed by atoms with E-state index in [0.29, 0.717) is 10.0 Å². The van der Waals surface area contributed by atoms with E-state index >= 15 is 0 Å². The maximum absolute atomic E-state index is 8.49. The molecular weight excluding hydrogens is 255 g/mol. The van der Waals surface area contributed by atoms with Crippen molar-refractivity contribution in [3.8, 4) is 0 Å². The van der Waals surface area contributed by atoms with E-state index in [2.05, 4.69) is 22.6 Å². The monoisotopic (exact) mass is 270 g/mol. The normalized spacial score (nSPS) is 23.5. The largest absolute Gasteiger partial charge is 0.371 e. The van der Waals surface area contributed by atoms with Crippen LogP contribution < -0.4 is 0 Å². The van der Waals surface area contributed by atoms with Crippen molar-refractivity contribution in [2.45, 2.75) is 35.5 Å². The molecule has 1 rings (SSSR count). The lowest BCUT2D eigenvalue weighted by Gasteiger charge is -2.30. The highest BCUT2D eigenvalue weighted by molar-refractivity contribution is 14.1. The van der Waals surface area contributed by atoms with Crippen molar-refractivity contribution in [1.29, 1.82) is 0 Å². The Labute approximate surface area is 81.5 Å². The van der Waals surface area contributed by atoms with Crippen molar-refractivity contribution < 1.29 is 9.84 Å². The molecule has 66 valence electrons. The smallest absolute Gasteiger partial charge is 0.143 e. The van der Waals surface area contributed by atoms with Gasteiger partial charge in [-0.1, -0.05) is 41.9 Å². The molecule has 0 aromatic heterocycles. The van der Waals surface area contributed by atoms with Crippen LogP contribution in [0.5, 0.6) is 0 Å². The van der Waals surface area contributed by atoms with Gasteiger partial charge in [-0.25, -0.2) is 0 Å². The fourth-order valence-corrected chi connectivity index (χ4v) is 2.54. The zero-order chi connectivity index (χ0) is 8.16. The summed E-state index contributed by atoms with van der Waals surface area (Å²) in [4.78, 5) is 0. The first-order valence-corrected chi connectivity index (χ1v) is 5.22. The van der Waals surface area contributed by atoms with Gasteiger partial charge in [0.1, 0.15) is 6.79 Å². The summed E-state index contributed by atoms with van der Waals surface area (Å²) in [5.74, 6) is 0. The van der Waals surface area contributed by atoms with Crippen LogP contribution in [0.2, 0.25) is 0 Å². The molecule has 2 nitrogen and oxygen atoms in total. The molecule has 1 N–H and O–H groups in total. The summed E-state index contributed by atoms with van der Waals surface area (Å²) in [5, 5.41) is 8.49. The Morgan fingerprint density at radius 1 is 1.27 bits per heavy atom. The molecule has 0 atom stereocenters. The molecule has 0 aromatic rings. The second-order valence-corrected chi connectivity index (χ2v) is 5.48. The summed E-state index contributed by atoms with van der Waals surface area (Å²) in [6.45, 7) is 0.578. The lowest BCUT2D eigenvalue weighted by atomic mass is 9.90. The van der Waals surface area contributed by atoms with Gasteiger partial charge in [-0.3, -0.25) is 0 Å². The average molecular weight is 270 g/mol. The van der Waals surface area contributed by atoms with Gasteiger partial charge in [-0.05, 0) is 12.8 Å². The Kier molecular flexibility index (Phi) is 4.09. The van der Waals surface area contributed by atoms with Crippen LogP contribution in [0.25, 0.3) is 0 Å². The maximum atomic E-state index is 8.49. The summed E-state index contributed by atoms with van der Waals surface area (Å²) < 4.78 is 5.34. The molecule has 0 heterocycles. The van der Waals surface area contributed by atoms with E-state index in [1.165, 1.54) is 32.1 Å². The highest BCUT2D eigenvalue weighted by atomic mass is 127. The van der Waals surface area contributed by atoms with Gasteiger partial charge < -0.3 is 9.84 Å². The number of rotatable bonds is 3. The summed E-state index contributed by atoms with van der Waals surface area (Å²) in [5.41, 5.74) is 0. The minimum absolute atomic E-state index is 0.134. The number of halogens is 1. The minimum atomic E-state index is -0.134. The third kappa shape index (κ3) is 3.25. The van der Waals surface area contributed by atoms with Crippen LogP contribution in [-0.2, 0) is 4.74 Å². The van der Waals surface area contributed by atoms with Gasteiger partial charge in [-0.2, -0.15) is 0 Å². The van der Waals surface area contributed by atoms with Crippen LogP contribution in [0.15, 0.2) is 0 Å². The highest BCUT2D eigenvalue weighted by Gasteiger charge is 2.28. The molecule has 1 aliphatic carbocycles. The molecule has 0 unspecified atom stereocenters.